The molecule has 20 heavy (non-hydrogen) atoms. The molecule has 2 aromatic rings. The van der Waals surface area contributed by atoms with Gasteiger partial charge in [-0.25, -0.2) is 4.98 Å². The van der Waals surface area contributed by atoms with Crippen molar-refractivity contribution < 1.29 is 4.74 Å². The Bertz CT molecular complexity index is 609. The largest absolute Gasteiger partial charge is 0.473 e. The molecule has 0 atom stereocenters. The van der Waals surface area contributed by atoms with Crippen molar-refractivity contribution in [3.63, 3.8) is 0 Å². The van der Waals surface area contributed by atoms with Gasteiger partial charge < -0.3 is 4.74 Å². The monoisotopic (exact) mass is 398 g/mol. The second-order valence-corrected chi connectivity index (χ2v) is 7.15. The molecule has 0 unspecified atom stereocenters. The summed E-state index contributed by atoms with van der Waals surface area (Å²) in [5, 5.41) is 0. The smallest absolute Gasteiger partial charge is 0.218 e. The molecule has 0 spiro atoms. The van der Waals surface area contributed by atoms with Crippen LogP contribution in [0, 0.1) is 0 Å². The van der Waals surface area contributed by atoms with Crippen molar-refractivity contribution in [1.82, 2.24) is 9.97 Å². The highest BCUT2D eigenvalue weighted by atomic mass is 79.9. The average Bonchev–Trinajstić information content (AvgIpc) is 2.36. The molecule has 0 aliphatic carbocycles. The third-order valence-corrected chi connectivity index (χ3v) is 3.86. The van der Waals surface area contributed by atoms with Crippen LogP contribution in [0.1, 0.15) is 32.2 Å². The van der Waals surface area contributed by atoms with Gasteiger partial charge in [-0.2, -0.15) is 4.98 Å². The topological polar surface area (TPSA) is 35.0 Å². The van der Waals surface area contributed by atoms with Crippen LogP contribution in [-0.2, 0) is 12.0 Å². The summed E-state index contributed by atoms with van der Waals surface area (Å²) in [7, 11) is 0. The van der Waals surface area contributed by atoms with E-state index >= 15 is 0 Å². The van der Waals surface area contributed by atoms with Crippen molar-refractivity contribution in [2.75, 3.05) is 0 Å². The van der Waals surface area contributed by atoms with Crippen LogP contribution < -0.4 is 4.74 Å². The maximum absolute atomic E-state index is 5.78. The van der Waals surface area contributed by atoms with Crippen LogP contribution >= 0.6 is 31.9 Å². The summed E-state index contributed by atoms with van der Waals surface area (Å²) in [5.74, 6) is 1.33. The Balaban J connectivity index is 2.18. The van der Waals surface area contributed by atoms with E-state index in [1.807, 2.05) is 24.3 Å². The molecule has 0 aliphatic rings. The zero-order valence-electron chi connectivity index (χ0n) is 11.7. The Kier molecular flexibility index (Phi) is 4.81. The van der Waals surface area contributed by atoms with Gasteiger partial charge in [-0.05, 0) is 22.0 Å². The van der Waals surface area contributed by atoms with Crippen molar-refractivity contribution in [3.8, 4) is 5.88 Å². The van der Waals surface area contributed by atoms with E-state index in [1.54, 1.807) is 6.07 Å². The van der Waals surface area contributed by atoms with E-state index in [-0.39, 0.29) is 5.41 Å². The maximum atomic E-state index is 5.78. The van der Waals surface area contributed by atoms with E-state index in [0.29, 0.717) is 12.5 Å². The van der Waals surface area contributed by atoms with Crippen molar-refractivity contribution >= 4 is 31.9 Å². The van der Waals surface area contributed by atoms with Crippen LogP contribution in [0.5, 0.6) is 5.88 Å². The van der Waals surface area contributed by atoms with Gasteiger partial charge in [-0.3, -0.25) is 0 Å². The Morgan fingerprint density at radius 3 is 2.45 bits per heavy atom. The third kappa shape index (κ3) is 4.03. The van der Waals surface area contributed by atoms with Crippen LogP contribution in [0.3, 0.4) is 0 Å². The van der Waals surface area contributed by atoms with Gasteiger partial charge >= 0.3 is 0 Å². The van der Waals surface area contributed by atoms with Crippen LogP contribution in [0.25, 0.3) is 0 Å². The zero-order chi connectivity index (χ0) is 14.8. The van der Waals surface area contributed by atoms with Crippen molar-refractivity contribution in [2.45, 2.75) is 32.8 Å². The molecular formula is C15H16Br2N2O. The average molecular weight is 400 g/mol. The molecule has 1 heterocycles. The van der Waals surface area contributed by atoms with Crippen LogP contribution in [0.4, 0.5) is 0 Å². The molecular weight excluding hydrogens is 384 g/mol. The molecule has 0 radical (unpaired) electrons. The summed E-state index contributed by atoms with van der Waals surface area (Å²) in [6.07, 6.45) is 0. The Hall–Kier alpha value is -0.940. The number of aromatic nitrogens is 2. The van der Waals surface area contributed by atoms with Gasteiger partial charge in [0.2, 0.25) is 5.88 Å². The van der Waals surface area contributed by atoms with Crippen molar-refractivity contribution in [2.24, 2.45) is 0 Å². The summed E-state index contributed by atoms with van der Waals surface area (Å²) >= 11 is 6.91. The minimum atomic E-state index is -0.116. The highest BCUT2D eigenvalue weighted by molar-refractivity contribution is 9.10. The van der Waals surface area contributed by atoms with Crippen LogP contribution in [0.2, 0.25) is 0 Å². The van der Waals surface area contributed by atoms with E-state index < -0.39 is 0 Å². The number of hydrogen-bond acceptors (Lipinski definition) is 3. The van der Waals surface area contributed by atoms with Gasteiger partial charge in [0.25, 0.3) is 0 Å². The van der Waals surface area contributed by atoms with E-state index in [4.69, 9.17) is 4.74 Å². The molecule has 0 bridgehead atoms. The number of hydrogen-bond donors (Lipinski definition) is 0. The fraction of sp³-hybridized carbons (Fsp3) is 0.333. The SMILES string of the molecule is CC(C)(C)c1nc(Br)cc(OCc2ccccc2Br)n1. The fourth-order valence-corrected chi connectivity index (χ4v) is 2.34. The molecule has 1 aromatic carbocycles. The van der Waals surface area contributed by atoms with E-state index in [1.165, 1.54) is 0 Å². The third-order valence-electron chi connectivity index (χ3n) is 2.68. The minimum absolute atomic E-state index is 0.116. The molecule has 0 amide bonds. The van der Waals surface area contributed by atoms with Crippen LogP contribution in [-0.4, -0.2) is 9.97 Å². The van der Waals surface area contributed by atoms with Crippen molar-refractivity contribution in [3.05, 3.63) is 50.8 Å². The molecule has 106 valence electrons. The maximum Gasteiger partial charge on any atom is 0.218 e. The van der Waals surface area contributed by atoms with E-state index in [2.05, 4.69) is 62.6 Å². The molecule has 0 saturated heterocycles. The first kappa shape index (κ1) is 15.4. The molecule has 0 fully saturated rings. The van der Waals surface area contributed by atoms with Crippen LogP contribution in [0.15, 0.2) is 39.4 Å². The summed E-state index contributed by atoms with van der Waals surface area (Å²) in [6.45, 7) is 6.69. The zero-order valence-corrected chi connectivity index (χ0v) is 14.8. The summed E-state index contributed by atoms with van der Waals surface area (Å²) in [5.41, 5.74) is 0.967. The van der Waals surface area contributed by atoms with Gasteiger partial charge in [0.05, 0.1) is 0 Å². The first-order valence-corrected chi connectivity index (χ1v) is 7.86. The van der Waals surface area contributed by atoms with Crippen molar-refractivity contribution in [1.29, 1.82) is 0 Å². The normalized spacial score (nSPS) is 11.4. The molecule has 0 aliphatic heterocycles. The molecule has 3 nitrogen and oxygen atoms in total. The number of nitrogens with zero attached hydrogens (tertiary/aromatic N) is 2. The van der Waals surface area contributed by atoms with Gasteiger partial charge in [0, 0.05) is 21.5 Å². The second kappa shape index (κ2) is 6.22. The first-order valence-electron chi connectivity index (χ1n) is 6.27. The lowest BCUT2D eigenvalue weighted by molar-refractivity contribution is 0.289. The van der Waals surface area contributed by atoms with Gasteiger partial charge in [-0.15, -0.1) is 0 Å². The summed E-state index contributed by atoms with van der Waals surface area (Å²) in [4.78, 5) is 8.86. The quantitative estimate of drug-likeness (QED) is 0.690. The fourth-order valence-electron chi connectivity index (χ4n) is 1.57. The van der Waals surface area contributed by atoms with Gasteiger partial charge in [0.1, 0.15) is 17.0 Å². The molecule has 5 heteroatoms. The molecule has 1 aromatic heterocycles. The molecule has 2 rings (SSSR count). The van der Waals surface area contributed by atoms with E-state index in [0.717, 1.165) is 20.5 Å². The number of halogens is 2. The predicted molar refractivity (Wildman–Crippen MR) is 86.9 cm³/mol. The Morgan fingerprint density at radius 2 is 1.80 bits per heavy atom. The summed E-state index contributed by atoms with van der Waals surface area (Å²) < 4.78 is 7.55. The second-order valence-electron chi connectivity index (χ2n) is 5.48. The standard InChI is InChI=1S/C15H16Br2N2O/c1-15(2,3)14-18-12(17)8-13(19-14)20-9-10-6-4-5-7-11(10)16/h4-8H,9H2,1-3H3. The highest BCUT2D eigenvalue weighted by Gasteiger charge is 2.19. The van der Waals surface area contributed by atoms with Gasteiger partial charge in [0.15, 0.2) is 0 Å². The molecule has 0 N–H and O–H groups in total. The highest BCUT2D eigenvalue weighted by Crippen LogP contribution is 2.24. The number of ether oxygens (including phenoxy) is 1. The lowest BCUT2D eigenvalue weighted by Gasteiger charge is -2.17. The lowest BCUT2D eigenvalue weighted by Crippen LogP contribution is -2.16. The Morgan fingerprint density at radius 1 is 1.10 bits per heavy atom. The summed E-state index contributed by atoms with van der Waals surface area (Å²) in [6, 6.07) is 9.76. The predicted octanol–water partition coefficient (Wildman–Crippen LogP) is 4.88. The van der Waals surface area contributed by atoms with Gasteiger partial charge in [-0.1, -0.05) is 54.9 Å². The van der Waals surface area contributed by atoms with E-state index in [9.17, 15) is 0 Å². The first-order chi connectivity index (χ1) is 9.36. The lowest BCUT2D eigenvalue weighted by atomic mass is 9.96. The molecule has 0 saturated carbocycles. The Labute approximate surface area is 136 Å². The number of benzene rings is 1. The minimum Gasteiger partial charge on any atom is -0.473 e. The number of rotatable bonds is 3.